The maximum atomic E-state index is 12.0. The summed E-state index contributed by atoms with van der Waals surface area (Å²) in [5.74, 6) is 0.947. The zero-order valence-electron chi connectivity index (χ0n) is 13.7. The van der Waals surface area contributed by atoms with Gasteiger partial charge in [0, 0.05) is 13.0 Å². The monoisotopic (exact) mass is 295 g/mol. The largest absolute Gasteiger partial charge is 0.468 e. The first-order valence-corrected chi connectivity index (χ1v) is 7.52. The van der Waals surface area contributed by atoms with Gasteiger partial charge in [-0.05, 0) is 51.0 Å². The second kappa shape index (κ2) is 8.20. The van der Waals surface area contributed by atoms with E-state index in [-0.39, 0.29) is 17.4 Å². The molecule has 21 heavy (non-hydrogen) atoms. The lowest BCUT2D eigenvalue weighted by molar-refractivity contribution is -0.121. The highest BCUT2D eigenvalue weighted by molar-refractivity contribution is 5.75. The van der Waals surface area contributed by atoms with Crippen molar-refractivity contribution < 1.29 is 9.21 Å². The zero-order valence-corrected chi connectivity index (χ0v) is 13.7. The van der Waals surface area contributed by atoms with Crippen LogP contribution in [0.15, 0.2) is 22.8 Å². The lowest BCUT2D eigenvalue weighted by Crippen LogP contribution is -2.34. The Morgan fingerprint density at radius 2 is 2.14 bits per heavy atom. The molecule has 5 heteroatoms. The molecule has 0 saturated carbocycles. The average Bonchev–Trinajstić information content (AvgIpc) is 2.90. The number of carbonyl (C=O) groups excluding carboxylic acids is 1. The molecule has 1 heterocycles. The first kappa shape index (κ1) is 17.7. The highest BCUT2D eigenvalue weighted by Crippen LogP contribution is 2.25. The molecule has 1 aromatic rings. The number of nitrogens with two attached hydrogens (primary N) is 1. The summed E-state index contributed by atoms with van der Waals surface area (Å²) in [7, 11) is 3.95. The van der Waals surface area contributed by atoms with E-state index in [1.54, 1.807) is 6.26 Å². The molecule has 0 saturated heterocycles. The summed E-state index contributed by atoms with van der Waals surface area (Å²) in [6.45, 7) is 5.52. The van der Waals surface area contributed by atoms with Crippen LogP contribution >= 0.6 is 0 Å². The van der Waals surface area contributed by atoms with Crippen molar-refractivity contribution >= 4 is 5.91 Å². The Hall–Kier alpha value is -1.33. The van der Waals surface area contributed by atoms with E-state index in [4.69, 9.17) is 10.2 Å². The van der Waals surface area contributed by atoms with Crippen LogP contribution in [-0.2, 0) is 4.79 Å². The summed E-state index contributed by atoms with van der Waals surface area (Å²) in [6.07, 6.45) is 3.98. The Bertz CT molecular complexity index is 413. The van der Waals surface area contributed by atoms with Crippen molar-refractivity contribution in [3.05, 3.63) is 24.2 Å². The lowest BCUT2D eigenvalue weighted by atomic mass is 9.84. The quantitative estimate of drug-likeness (QED) is 0.732. The van der Waals surface area contributed by atoms with Crippen LogP contribution in [0.1, 0.15) is 44.9 Å². The fourth-order valence-corrected chi connectivity index (χ4v) is 2.29. The third-order valence-corrected chi connectivity index (χ3v) is 3.84. The smallest absolute Gasteiger partial charge is 0.220 e. The average molecular weight is 295 g/mol. The van der Waals surface area contributed by atoms with E-state index in [1.807, 2.05) is 31.1 Å². The minimum Gasteiger partial charge on any atom is -0.468 e. The molecule has 1 atom stereocenters. The van der Waals surface area contributed by atoms with Crippen molar-refractivity contribution in [2.24, 2.45) is 11.1 Å². The van der Waals surface area contributed by atoms with Crippen molar-refractivity contribution in [3.63, 3.8) is 0 Å². The van der Waals surface area contributed by atoms with E-state index >= 15 is 0 Å². The van der Waals surface area contributed by atoms with Gasteiger partial charge in [-0.15, -0.1) is 0 Å². The van der Waals surface area contributed by atoms with Crippen LogP contribution in [0.5, 0.6) is 0 Å². The molecule has 3 N–H and O–H groups in total. The second-order valence-corrected chi connectivity index (χ2v) is 6.50. The Labute approximate surface area is 127 Å². The molecule has 0 radical (unpaired) electrons. The standard InChI is InChI=1S/C16H29N3O2/c1-16(2,9-10-17)8-7-15(20)18-12-13(19(3)4)14-6-5-11-21-14/h5-6,11,13H,7-10,12,17H2,1-4H3,(H,18,20). The van der Waals surface area contributed by atoms with Crippen LogP contribution in [0, 0.1) is 5.41 Å². The molecule has 1 rings (SSSR count). The summed E-state index contributed by atoms with van der Waals surface area (Å²) < 4.78 is 5.43. The fourth-order valence-electron chi connectivity index (χ4n) is 2.29. The van der Waals surface area contributed by atoms with E-state index in [9.17, 15) is 4.79 Å². The van der Waals surface area contributed by atoms with Crippen molar-refractivity contribution in [1.82, 2.24) is 10.2 Å². The first-order chi connectivity index (χ1) is 9.85. The Kier molecular flexibility index (Phi) is 6.92. The van der Waals surface area contributed by atoms with Gasteiger partial charge in [0.1, 0.15) is 5.76 Å². The van der Waals surface area contributed by atoms with Crippen LogP contribution in [0.25, 0.3) is 0 Å². The van der Waals surface area contributed by atoms with Gasteiger partial charge in [-0.25, -0.2) is 0 Å². The molecule has 120 valence electrons. The van der Waals surface area contributed by atoms with Crippen molar-refractivity contribution in [2.45, 2.75) is 39.2 Å². The summed E-state index contributed by atoms with van der Waals surface area (Å²) in [4.78, 5) is 14.0. The van der Waals surface area contributed by atoms with Gasteiger partial charge < -0.3 is 15.5 Å². The molecule has 0 aliphatic rings. The summed E-state index contributed by atoms with van der Waals surface area (Å²) >= 11 is 0. The van der Waals surface area contributed by atoms with E-state index in [2.05, 4.69) is 19.2 Å². The Morgan fingerprint density at radius 1 is 1.43 bits per heavy atom. The normalized spacial score (nSPS) is 13.4. The number of nitrogens with one attached hydrogen (secondary N) is 1. The van der Waals surface area contributed by atoms with Crippen molar-refractivity contribution in [2.75, 3.05) is 27.2 Å². The lowest BCUT2D eigenvalue weighted by Gasteiger charge is -2.25. The topological polar surface area (TPSA) is 71.5 Å². The summed E-state index contributed by atoms with van der Waals surface area (Å²) in [5.41, 5.74) is 5.71. The van der Waals surface area contributed by atoms with Gasteiger partial charge in [0.25, 0.3) is 0 Å². The SMILES string of the molecule is CN(C)C(CNC(=O)CCC(C)(C)CCN)c1ccco1. The van der Waals surface area contributed by atoms with Gasteiger partial charge >= 0.3 is 0 Å². The highest BCUT2D eigenvalue weighted by atomic mass is 16.3. The Balaban J connectivity index is 2.41. The number of amides is 1. The number of carbonyl (C=O) groups is 1. The number of likely N-dealkylation sites (N-methyl/N-ethyl adjacent to an activating group) is 1. The first-order valence-electron chi connectivity index (χ1n) is 7.52. The molecule has 1 amide bonds. The summed E-state index contributed by atoms with van der Waals surface area (Å²) in [6, 6.07) is 3.85. The van der Waals surface area contributed by atoms with E-state index in [0.29, 0.717) is 19.5 Å². The number of hydrogen-bond donors (Lipinski definition) is 2. The fraction of sp³-hybridized carbons (Fsp3) is 0.688. The van der Waals surface area contributed by atoms with Crippen LogP contribution in [0.4, 0.5) is 0 Å². The van der Waals surface area contributed by atoms with Gasteiger partial charge in [-0.3, -0.25) is 9.69 Å². The van der Waals surface area contributed by atoms with E-state index in [0.717, 1.165) is 18.6 Å². The van der Waals surface area contributed by atoms with Gasteiger partial charge in [-0.2, -0.15) is 0 Å². The molecular formula is C16H29N3O2. The van der Waals surface area contributed by atoms with Crippen molar-refractivity contribution in [1.29, 1.82) is 0 Å². The zero-order chi connectivity index (χ0) is 15.9. The Morgan fingerprint density at radius 3 is 2.67 bits per heavy atom. The molecule has 0 aliphatic carbocycles. The predicted molar refractivity (Wildman–Crippen MR) is 84.8 cm³/mol. The van der Waals surface area contributed by atoms with Crippen LogP contribution in [0.2, 0.25) is 0 Å². The molecular weight excluding hydrogens is 266 g/mol. The number of hydrogen-bond acceptors (Lipinski definition) is 4. The minimum absolute atomic E-state index is 0.0565. The molecule has 5 nitrogen and oxygen atoms in total. The highest BCUT2D eigenvalue weighted by Gasteiger charge is 2.20. The third-order valence-electron chi connectivity index (χ3n) is 3.84. The van der Waals surface area contributed by atoms with Crippen molar-refractivity contribution in [3.8, 4) is 0 Å². The molecule has 0 fully saturated rings. The molecule has 1 unspecified atom stereocenters. The van der Waals surface area contributed by atoms with Gasteiger partial charge in [0.15, 0.2) is 0 Å². The van der Waals surface area contributed by atoms with Gasteiger partial charge in [0.2, 0.25) is 5.91 Å². The minimum atomic E-state index is 0.0565. The molecule has 0 aliphatic heterocycles. The number of nitrogens with zero attached hydrogens (tertiary/aromatic N) is 1. The number of rotatable bonds is 9. The molecule has 0 aromatic carbocycles. The maximum absolute atomic E-state index is 12.0. The third kappa shape index (κ3) is 6.31. The van der Waals surface area contributed by atoms with Crippen LogP contribution in [0.3, 0.4) is 0 Å². The van der Waals surface area contributed by atoms with Crippen LogP contribution in [-0.4, -0.2) is 38.0 Å². The molecule has 1 aromatic heterocycles. The molecule has 0 spiro atoms. The van der Waals surface area contributed by atoms with Gasteiger partial charge in [-0.1, -0.05) is 13.8 Å². The van der Waals surface area contributed by atoms with E-state index < -0.39 is 0 Å². The predicted octanol–water partition coefficient (Wildman–Crippen LogP) is 2.15. The van der Waals surface area contributed by atoms with E-state index in [1.165, 1.54) is 0 Å². The second-order valence-electron chi connectivity index (χ2n) is 6.50. The number of furan rings is 1. The van der Waals surface area contributed by atoms with Gasteiger partial charge in [0.05, 0.1) is 12.3 Å². The van der Waals surface area contributed by atoms with Crippen LogP contribution < -0.4 is 11.1 Å². The molecule has 0 bridgehead atoms. The maximum Gasteiger partial charge on any atom is 0.220 e. The summed E-state index contributed by atoms with van der Waals surface area (Å²) in [5, 5.41) is 3.00.